The average Bonchev–Trinajstić information content (AvgIpc) is 2.88. The van der Waals surface area contributed by atoms with Gasteiger partial charge in [-0.1, -0.05) is 12.1 Å². The van der Waals surface area contributed by atoms with Crippen LogP contribution < -0.4 is 23.8 Å². The minimum absolute atomic E-state index is 0.0659. The molecule has 2 amide bonds. The van der Waals surface area contributed by atoms with Crippen LogP contribution >= 0.6 is 0 Å². The number of sulfonamides is 1. The van der Waals surface area contributed by atoms with E-state index in [1.165, 1.54) is 9.21 Å². The van der Waals surface area contributed by atoms with Gasteiger partial charge >= 0.3 is 0 Å². The first-order valence-electron chi connectivity index (χ1n) is 12.2. The first-order valence-corrected chi connectivity index (χ1v) is 14.1. The average molecular weight is 534 g/mol. The standard InChI is InChI=1S/C26H35N3O7S/c1-5-27-26(31)19(2)28(18-20-8-11-22(34-3)12-9-20)25(30)7-6-14-29(37(4,32)33)21-10-13-23-24(17-21)36-16-15-35-23/h8-13,17,19H,5-7,14-16,18H2,1-4H3,(H,27,31). The molecule has 0 spiro atoms. The number of nitrogens with zero attached hydrogens (tertiary/aromatic N) is 2. The highest BCUT2D eigenvalue weighted by molar-refractivity contribution is 7.92. The zero-order valence-electron chi connectivity index (χ0n) is 21.7. The van der Waals surface area contributed by atoms with Gasteiger partial charge in [0.25, 0.3) is 0 Å². The summed E-state index contributed by atoms with van der Waals surface area (Å²) in [7, 11) is -2.04. The smallest absolute Gasteiger partial charge is 0.242 e. The van der Waals surface area contributed by atoms with Gasteiger partial charge in [0, 0.05) is 32.1 Å². The lowest BCUT2D eigenvalue weighted by atomic mass is 10.1. The van der Waals surface area contributed by atoms with Gasteiger partial charge in [0.2, 0.25) is 21.8 Å². The molecule has 0 fully saturated rings. The predicted molar refractivity (Wildman–Crippen MR) is 141 cm³/mol. The van der Waals surface area contributed by atoms with E-state index >= 15 is 0 Å². The van der Waals surface area contributed by atoms with Gasteiger partial charge in [-0.05, 0) is 50.1 Å². The van der Waals surface area contributed by atoms with Crippen molar-refractivity contribution >= 4 is 27.5 Å². The highest BCUT2D eigenvalue weighted by atomic mass is 32.2. The lowest BCUT2D eigenvalue weighted by molar-refractivity contribution is -0.140. The van der Waals surface area contributed by atoms with E-state index in [1.807, 2.05) is 19.1 Å². The lowest BCUT2D eigenvalue weighted by Gasteiger charge is -2.29. The van der Waals surface area contributed by atoms with Crippen LogP contribution in [0.1, 0.15) is 32.3 Å². The maximum Gasteiger partial charge on any atom is 0.242 e. The molecule has 202 valence electrons. The van der Waals surface area contributed by atoms with Gasteiger partial charge in [-0.2, -0.15) is 0 Å². The molecule has 1 atom stereocenters. The topological polar surface area (TPSA) is 114 Å². The molecule has 2 aromatic rings. The Balaban J connectivity index is 1.72. The number of ether oxygens (including phenoxy) is 3. The Morgan fingerprint density at radius 3 is 2.38 bits per heavy atom. The van der Waals surface area contributed by atoms with E-state index in [0.29, 0.717) is 42.7 Å². The Hall–Kier alpha value is -3.47. The molecule has 0 radical (unpaired) electrons. The fraction of sp³-hybridized carbons (Fsp3) is 0.462. The summed E-state index contributed by atoms with van der Waals surface area (Å²) in [6.45, 7) is 5.10. The molecule has 3 rings (SSSR count). The number of rotatable bonds is 12. The van der Waals surface area contributed by atoms with E-state index < -0.39 is 16.1 Å². The van der Waals surface area contributed by atoms with Crippen LogP contribution in [0.15, 0.2) is 42.5 Å². The molecule has 0 saturated carbocycles. The second-order valence-corrected chi connectivity index (χ2v) is 10.6. The van der Waals surface area contributed by atoms with Crippen LogP contribution in [0, 0.1) is 0 Å². The number of hydrogen-bond donors (Lipinski definition) is 1. The third-order valence-electron chi connectivity index (χ3n) is 6.00. The summed E-state index contributed by atoms with van der Waals surface area (Å²) in [5, 5.41) is 2.76. The molecule has 0 aliphatic carbocycles. The second kappa shape index (κ2) is 12.7. The van der Waals surface area contributed by atoms with Gasteiger partial charge in [0.15, 0.2) is 11.5 Å². The Morgan fingerprint density at radius 1 is 1.08 bits per heavy atom. The largest absolute Gasteiger partial charge is 0.497 e. The first kappa shape index (κ1) is 28.1. The molecular weight excluding hydrogens is 498 g/mol. The molecule has 1 N–H and O–H groups in total. The number of benzene rings is 2. The number of amides is 2. The summed E-state index contributed by atoms with van der Waals surface area (Å²) < 4.78 is 42.7. The van der Waals surface area contributed by atoms with Gasteiger partial charge in [0.05, 0.1) is 19.1 Å². The van der Waals surface area contributed by atoms with Gasteiger partial charge in [-0.25, -0.2) is 8.42 Å². The molecule has 0 saturated heterocycles. The zero-order chi connectivity index (χ0) is 27.0. The number of hydrogen-bond acceptors (Lipinski definition) is 7. The van der Waals surface area contributed by atoms with Crippen LogP contribution in [0.2, 0.25) is 0 Å². The quantitative estimate of drug-likeness (QED) is 0.446. The molecule has 1 aliphatic rings. The van der Waals surface area contributed by atoms with Gasteiger partial charge in [-0.3, -0.25) is 13.9 Å². The minimum Gasteiger partial charge on any atom is -0.497 e. The van der Waals surface area contributed by atoms with Crippen molar-refractivity contribution in [3.63, 3.8) is 0 Å². The normalized spacial score (nSPS) is 13.4. The van der Waals surface area contributed by atoms with E-state index in [1.54, 1.807) is 44.4 Å². The number of methoxy groups -OCH3 is 1. The van der Waals surface area contributed by atoms with E-state index in [9.17, 15) is 18.0 Å². The third kappa shape index (κ3) is 7.51. The maximum atomic E-state index is 13.3. The van der Waals surface area contributed by atoms with Crippen molar-refractivity contribution in [1.82, 2.24) is 10.2 Å². The summed E-state index contributed by atoms with van der Waals surface area (Å²) in [5.74, 6) is 1.24. The summed E-state index contributed by atoms with van der Waals surface area (Å²) in [6, 6.07) is 11.6. The van der Waals surface area contributed by atoms with Crippen LogP contribution in [0.5, 0.6) is 17.2 Å². The van der Waals surface area contributed by atoms with Gasteiger partial charge < -0.3 is 24.4 Å². The molecule has 1 aliphatic heterocycles. The van der Waals surface area contributed by atoms with Crippen molar-refractivity contribution in [3.05, 3.63) is 48.0 Å². The molecule has 1 unspecified atom stereocenters. The summed E-state index contributed by atoms with van der Waals surface area (Å²) in [4.78, 5) is 27.4. The van der Waals surface area contributed by atoms with Crippen LogP contribution in [0.25, 0.3) is 0 Å². The number of anilines is 1. The van der Waals surface area contributed by atoms with E-state index in [2.05, 4.69) is 5.32 Å². The number of nitrogens with one attached hydrogen (secondary N) is 1. The van der Waals surface area contributed by atoms with Crippen LogP contribution in [-0.2, 0) is 26.2 Å². The minimum atomic E-state index is -3.62. The van der Waals surface area contributed by atoms with Crippen LogP contribution in [0.3, 0.4) is 0 Å². The molecule has 2 aromatic carbocycles. The van der Waals surface area contributed by atoms with Crippen molar-refractivity contribution in [2.75, 3.05) is 44.0 Å². The van der Waals surface area contributed by atoms with Crippen molar-refractivity contribution in [1.29, 1.82) is 0 Å². The van der Waals surface area contributed by atoms with E-state index in [0.717, 1.165) is 11.8 Å². The summed E-state index contributed by atoms with van der Waals surface area (Å²) in [5.41, 5.74) is 1.28. The second-order valence-electron chi connectivity index (χ2n) is 8.71. The van der Waals surface area contributed by atoms with Crippen molar-refractivity contribution < 1.29 is 32.2 Å². The van der Waals surface area contributed by atoms with E-state index in [4.69, 9.17) is 14.2 Å². The lowest BCUT2D eigenvalue weighted by Crippen LogP contribution is -2.47. The van der Waals surface area contributed by atoms with Crippen LogP contribution in [-0.4, -0.2) is 70.8 Å². The molecule has 11 heteroatoms. The highest BCUT2D eigenvalue weighted by Gasteiger charge is 2.27. The molecule has 0 bridgehead atoms. The maximum absolute atomic E-state index is 13.3. The van der Waals surface area contributed by atoms with Crippen molar-refractivity contribution in [2.24, 2.45) is 0 Å². The Kier molecular flexibility index (Phi) is 9.62. The van der Waals surface area contributed by atoms with Gasteiger partial charge in [0.1, 0.15) is 25.0 Å². The van der Waals surface area contributed by atoms with Gasteiger partial charge in [-0.15, -0.1) is 0 Å². The van der Waals surface area contributed by atoms with E-state index in [-0.39, 0.29) is 37.7 Å². The fourth-order valence-corrected chi connectivity index (χ4v) is 4.98. The SMILES string of the molecule is CCNC(=O)C(C)N(Cc1ccc(OC)cc1)C(=O)CCCN(c1ccc2c(c1)OCCO2)S(C)(=O)=O. The summed E-state index contributed by atoms with van der Waals surface area (Å²) >= 11 is 0. The number of fused-ring (bicyclic) bond motifs is 1. The zero-order valence-corrected chi connectivity index (χ0v) is 22.5. The Labute approximate surface area is 218 Å². The number of carbonyl (C=O) groups is 2. The van der Waals surface area contributed by atoms with Crippen LogP contribution in [0.4, 0.5) is 5.69 Å². The molecule has 10 nitrogen and oxygen atoms in total. The van der Waals surface area contributed by atoms with Crippen molar-refractivity contribution in [3.8, 4) is 17.2 Å². The highest BCUT2D eigenvalue weighted by Crippen LogP contribution is 2.34. The third-order valence-corrected chi connectivity index (χ3v) is 7.19. The fourth-order valence-electron chi connectivity index (χ4n) is 4.02. The molecular formula is C26H35N3O7S. The Morgan fingerprint density at radius 2 is 1.76 bits per heavy atom. The predicted octanol–water partition coefficient (Wildman–Crippen LogP) is 2.57. The molecule has 0 aromatic heterocycles. The molecule has 37 heavy (non-hydrogen) atoms. The summed E-state index contributed by atoms with van der Waals surface area (Å²) in [6.07, 6.45) is 1.46. The number of carbonyl (C=O) groups excluding carboxylic acids is 2. The Bertz CT molecular complexity index is 1190. The number of likely N-dealkylation sites (N-methyl/N-ethyl adjacent to an activating group) is 1. The molecule has 1 heterocycles. The first-order chi connectivity index (χ1) is 17.6. The van der Waals surface area contributed by atoms with Crippen molar-refractivity contribution in [2.45, 2.75) is 39.3 Å². The monoisotopic (exact) mass is 533 g/mol.